The summed E-state index contributed by atoms with van der Waals surface area (Å²) in [5.41, 5.74) is 1.87. The van der Waals surface area contributed by atoms with Crippen molar-refractivity contribution in [2.24, 2.45) is 0 Å². The molecule has 90 valence electrons. The van der Waals surface area contributed by atoms with Crippen LogP contribution in [0.4, 0.5) is 0 Å². The molecule has 0 N–H and O–H groups in total. The molecule has 17 heavy (non-hydrogen) atoms. The van der Waals surface area contributed by atoms with Crippen LogP contribution >= 0.6 is 11.6 Å². The Kier molecular flexibility index (Phi) is 6.21. The molecule has 0 unspecified atom stereocenters. The van der Waals surface area contributed by atoms with Crippen molar-refractivity contribution in [1.82, 2.24) is 0 Å². The number of rotatable bonds is 4. The largest absolute Gasteiger partial charge is 0.466 e. The maximum atomic E-state index is 11.2. The first-order valence-electron chi connectivity index (χ1n) is 5.55. The van der Waals surface area contributed by atoms with E-state index in [0.29, 0.717) is 25.3 Å². The van der Waals surface area contributed by atoms with Gasteiger partial charge in [-0.2, -0.15) is 0 Å². The van der Waals surface area contributed by atoms with Crippen molar-refractivity contribution in [1.29, 1.82) is 0 Å². The van der Waals surface area contributed by atoms with Gasteiger partial charge in [-0.1, -0.05) is 24.0 Å². The zero-order chi connectivity index (χ0) is 12.5. The van der Waals surface area contributed by atoms with Gasteiger partial charge >= 0.3 is 5.97 Å². The van der Waals surface area contributed by atoms with Gasteiger partial charge in [-0.3, -0.25) is 4.79 Å². The van der Waals surface area contributed by atoms with E-state index >= 15 is 0 Å². The lowest BCUT2D eigenvalue weighted by atomic mass is 10.1. The van der Waals surface area contributed by atoms with Crippen LogP contribution in [0.25, 0.3) is 0 Å². The lowest BCUT2D eigenvalue weighted by Crippen LogP contribution is -2.07. The van der Waals surface area contributed by atoms with Crippen LogP contribution in [0.15, 0.2) is 24.3 Å². The molecule has 3 heteroatoms. The summed E-state index contributed by atoms with van der Waals surface area (Å²) in [4.78, 5) is 11.2. The second kappa shape index (κ2) is 7.76. The van der Waals surface area contributed by atoms with Crippen molar-refractivity contribution in [3.05, 3.63) is 35.4 Å². The predicted octanol–water partition coefficient (Wildman–Crippen LogP) is 2.77. The first-order chi connectivity index (χ1) is 8.26. The summed E-state index contributed by atoms with van der Waals surface area (Å²) < 4.78 is 4.87. The van der Waals surface area contributed by atoms with Crippen molar-refractivity contribution in [3.63, 3.8) is 0 Å². The third kappa shape index (κ3) is 5.42. The Morgan fingerprint density at radius 1 is 1.35 bits per heavy atom. The number of ether oxygens (including phenoxy) is 1. The Balaban J connectivity index is 2.56. The molecule has 0 radical (unpaired) electrons. The van der Waals surface area contributed by atoms with E-state index in [1.807, 2.05) is 24.3 Å². The van der Waals surface area contributed by atoms with Crippen molar-refractivity contribution in [2.75, 3.05) is 12.5 Å². The summed E-state index contributed by atoms with van der Waals surface area (Å²) in [5, 5.41) is 0. The van der Waals surface area contributed by atoms with Gasteiger partial charge < -0.3 is 4.74 Å². The molecule has 0 aromatic heterocycles. The van der Waals surface area contributed by atoms with Crippen molar-refractivity contribution >= 4 is 17.6 Å². The molecule has 0 atom stereocenters. The van der Waals surface area contributed by atoms with Crippen LogP contribution in [0.2, 0.25) is 0 Å². The van der Waals surface area contributed by atoms with Gasteiger partial charge in [-0.05, 0) is 24.6 Å². The van der Waals surface area contributed by atoms with E-state index in [1.165, 1.54) is 0 Å². The van der Waals surface area contributed by atoms with Gasteiger partial charge in [-0.25, -0.2) is 0 Å². The van der Waals surface area contributed by atoms with E-state index in [2.05, 4.69) is 11.8 Å². The molecule has 0 saturated heterocycles. The number of carbonyl (C=O) groups excluding carboxylic acids is 1. The molecule has 0 spiro atoms. The van der Waals surface area contributed by atoms with Gasteiger partial charge in [0.2, 0.25) is 0 Å². The fourth-order valence-electron chi connectivity index (χ4n) is 1.30. The van der Waals surface area contributed by atoms with Gasteiger partial charge in [0.1, 0.15) is 0 Å². The number of alkyl halides is 1. The molecule has 0 amide bonds. The van der Waals surface area contributed by atoms with E-state index in [1.54, 1.807) is 6.92 Å². The van der Waals surface area contributed by atoms with Crippen LogP contribution in [0.1, 0.15) is 24.5 Å². The lowest BCUT2D eigenvalue weighted by Gasteiger charge is -2.01. The van der Waals surface area contributed by atoms with E-state index in [4.69, 9.17) is 16.3 Å². The van der Waals surface area contributed by atoms with E-state index < -0.39 is 0 Å². The maximum absolute atomic E-state index is 11.2. The molecule has 0 fully saturated rings. The average molecular weight is 251 g/mol. The molecule has 0 heterocycles. The Bertz CT molecular complexity index is 412. The van der Waals surface area contributed by atoms with Crippen molar-refractivity contribution < 1.29 is 9.53 Å². The Morgan fingerprint density at radius 3 is 2.65 bits per heavy atom. The van der Waals surface area contributed by atoms with E-state index in [-0.39, 0.29) is 5.97 Å². The van der Waals surface area contributed by atoms with Crippen LogP contribution in [0, 0.1) is 11.8 Å². The summed E-state index contributed by atoms with van der Waals surface area (Å²) in [5.74, 6) is 6.31. The summed E-state index contributed by atoms with van der Waals surface area (Å²) in [6.45, 7) is 2.22. The molecule has 1 aromatic rings. The van der Waals surface area contributed by atoms with Crippen LogP contribution in [-0.4, -0.2) is 18.5 Å². The molecule has 1 aromatic carbocycles. The Hall–Kier alpha value is -1.46. The first-order valence-corrected chi connectivity index (χ1v) is 6.09. The molecule has 0 bridgehead atoms. The molecular weight excluding hydrogens is 236 g/mol. The third-order valence-corrected chi connectivity index (χ3v) is 2.25. The minimum atomic E-state index is -0.200. The average Bonchev–Trinajstić information content (AvgIpc) is 2.32. The highest BCUT2D eigenvalue weighted by Gasteiger charge is 2.02. The standard InChI is InChI=1S/C14H15ClO2/c1-2-17-14(16)11-13-8-6-12(7-9-13)5-3-4-10-15/h6-9H,2,4,10-11H2,1H3. The highest BCUT2D eigenvalue weighted by Crippen LogP contribution is 2.05. The maximum Gasteiger partial charge on any atom is 0.310 e. The topological polar surface area (TPSA) is 26.3 Å². The summed E-state index contributed by atoms with van der Waals surface area (Å²) in [6, 6.07) is 7.58. The van der Waals surface area contributed by atoms with Crippen molar-refractivity contribution in [3.8, 4) is 11.8 Å². The quantitative estimate of drug-likeness (QED) is 0.467. The molecule has 1 rings (SSSR count). The first kappa shape index (κ1) is 13.6. The third-order valence-electron chi connectivity index (χ3n) is 2.06. The summed E-state index contributed by atoms with van der Waals surface area (Å²) in [7, 11) is 0. The van der Waals surface area contributed by atoms with Crippen LogP contribution in [0.3, 0.4) is 0 Å². The Labute approximate surface area is 107 Å². The molecule has 0 saturated carbocycles. The Morgan fingerprint density at radius 2 is 2.06 bits per heavy atom. The highest BCUT2D eigenvalue weighted by molar-refractivity contribution is 6.18. The van der Waals surface area contributed by atoms with Gasteiger partial charge in [-0.15, -0.1) is 11.6 Å². The molecular formula is C14H15ClO2. The summed E-state index contributed by atoms with van der Waals surface area (Å²) >= 11 is 5.53. The number of benzene rings is 1. The fraction of sp³-hybridized carbons (Fsp3) is 0.357. The lowest BCUT2D eigenvalue weighted by molar-refractivity contribution is -0.142. The minimum absolute atomic E-state index is 0.200. The monoisotopic (exact) mass is 250 g/mol. The van der Waals surface area contributed by atoms with Crippen LogP contribution in [0.5, 0.6) is 0 Å². The fourth-order valence-corrected chi connectivity index (χ4v) is 1.39. The van der Waals surface area contributed by atoms with Crippen LogP contribution < -0.4 is 0 Å². The predicted molar refractivity (Wildman–Crippen MR) is 69.0 cm³/mol. The zero-order valence-electron chi connectivity index (χ0n) is 9.83. The second-order valence-corrected chi connectivity index (χ2v) is 3.80. The number of hydrogen-bond acceptors (Lipinski definition) is 2. The highest BCUT2D eigenvalue weighted by atomic mass is 35.5. The molecule has 2 nitrogen and oxygen atoms in total. The van der Waals surface area contributed by atoms with E-state index in [0.717, 1.165) is 11.1 Å². The van der Waals surface area contributed by atoms with Gasteiger partial charge in [0, 0.05) is 17.9 Å². The molecule has 0 aliphatic rings. The number of carbonyl (C=O) groups is 1. The molecule has 0 aliphatic carbocycles. The number of halogens is 1. The van der Waals surface area contributed by atoms with E-state index in [9.17, 15) is 4.79 Å². The van der Waals surface area contributed by atoms with Crippen LogP contribution in [-0.2, 0) is 16.0 Å². The summed E-state index contributed by atoms with van der Waals surface area (Å²) in [6.07, 6.45) is 0.995. The SMILES string of the molecule is CCOC(=O)Cc1ccc(C#CCCCl)cc1. The van der Waals surface area contributed by atoms with Gasteiger partial charge in [0.15, 0.2) is 0 Å². The van der Waals surface area contributed by atoms with Gasteiger partial charge in [0.05, 0.1) is 13.0 Å². The minimum Gasteiger partial charge on any atom is -0.466 e. The normalized spacial score (nSPS) is 9.29. The smallest absolute Gasteiger partial charge is 0.310 e. The second-order valence-electron chi connectivity index (χ2n) is 3.42. The van der Waals surface area contributed by atoms with Gasteiger partial charge in [0.25, 0.3) is 0 Å². The number of esters is 1. The zero-order valence-corrected chi connectivity index (χ0v) is 10.6. The molecule has 0 aliphatic heterocycles. The number of hydrogen-bond donors (Lipinski definition) is 0. The van der Waals surface area contributed by atoms with Crippen molar-refractivity contribution in [2.45, 2.75) is 19.8 Å².